The molecule has 1 aromatic rings. The van der Waals surface area contributed by atoms with Gasteiger partial charge in [-0.3, -0.25) is 4.79 Å². The van der Waals surface area contributed by atoms with Crippen LogP contribution in [0.4, 0.5) is 0 Å². The van der Waals surface area contributed by atoms with Gasteiger partial charge in [-0.1, -0.05) is 6.92 Å². The zero-order chi connectivity index (χ0) is 17.9. The molecule has 1 aromatic carbocycles. The SMILES string of the molecule is CC1CCNCC1NS(=O)(=O)c1ccc(C(=O)N2CCOCC2)cc1.Cl. The highest BCUT2D eigenvalue weighted by molar-refractivity contribution is 7.89. The molecule has 2 unspecified atom stereocenters. The van der Waals surface area contributed by atoms with Crippen molar-refractivity contribution < 1.29 is 17.9 Å². The van der Waals surface area contributed by atoms with Crippen LogP contribution in [0.1, 0.15) is 23.7 Å². The number of carbonyl (C=O) groups excluding carboxylic acids is 1. The minimum atomic E-state index is -3.60. The van der Waals surface area contributed by atoms with Gasteiger partial charge in [0, 0.05) is 31.2 Å². The smallest absolute Gasteiger partial charge is 0.254 e. The van der Waals surface area contributed by atoms with E-state index in [2.05, 4.69) is 17.0 Å². The minimum Gasteiger partial charge on any atom is -0.378 e. The standard InChI is InChI=1S/C17H25N3O4S.ClH/c1-13-6-7-18-12-16(13)19-25(22,23)15-4-2-14(3-5-15)17(21)20-8-10-24-11-9-20;/h2-5,13,16,18-19H,6-12H2,1H3;1H. The maximum atomic E-state index is 12.6. The molecular weight excluding hydrogens is 378 g/mol. The molecule has 26 heavy (non-hydrogen) atoms. The van der Waals surface area contributed by atoms with Crippen LogP contribution in [0, 0.1) is 5.92 Å². The summed E-state index contributed by atoms with van der Waals surface area (Å²) in [5, 5.41) is 3.21. The maximum absolute atomic E-state index is 12.6. The van der Waals surface area contributed by atoms with Gasteiger partial charge in [-0.05, 0) is 43.1 Å². The van der Waals surface area contributed by atoms with E-state index in [1.54, 1.807) is 17.0 Å². The van der Waals surface area contributed by atoms with Gasteiger partial charge < -0.3 is 15.0 Å². The quantitative estimate of drug-likeness (QED) is 0.778. The highest BCUT2D eigenvalue weighted by atomic mass is 35.5. The summed E-state index contributed by atoms with van der Waals surface area (Å²) in [5.41, 5.74) is 0.494. The fraction of sp³-hybridized carbons (Fsp3) is 0.588. The van der Waals surface area contributed by atoms with Crippen LogP contribution in [0.25, 0.3) is 0 Å². The van der Waals surface area contributed by atoms with Crippen LogP contribution >= 0.6 is 12.4 Å². The van der Waals surface area contributed by atoms with E-state index in [1.807, 2.05) is 0 Å². The third kappa shape index (κ3) is 4.95. The molecule has 0 aliphatic carbocycles. The molecule has 2 aliphatic rings. The lowest BCUT2D eigenvalue weighted by molar-refractivity contribution is 0.0303. The van der Waals surface area contributed by atoms with Crippen molar-refractivity contribution >= 4 is 28.3 Å². The van der Waals surface area contributed by atoms with Crippen LogP contribution < -0.4 is 10.0 Å². The average molecular weight is 404 g/mol. The molecule has 9 heteroatoms. The second kappa shape index (κ2) is 9.14. The number of piperidine rings is 1. The summed E-state index contributed by atoms with van der Waals surface area (Å²) in [6, 6.07) is 6.03. The van der Waals surface area contributed by atoms with E-state index in [9.17, 15) is 13.2 Å². The topological polar surface area (TPSA) is 87.7 Å². The molecule has 2 fully saturated rings. The zero-order valence-corrected chi connectivity index (χ0v) is 16.4. The summed E-state index contributed by atoms with van der Waals surface area (Å²) < 4.78 is 33.2. The molecule has 146 valence electrons. The number of amides is 1. The predicted molar refractivity (Wildman–Crippen MR) is 101 cm³/mol. The van der Waals surface area contributed by atoms with Crippen LogP contribution in [-0.4, -0.2) is 64.7 Å². The van der Waals surface area contributed by atoms with Crippen molar-refractivity contribution in [3.8, 4) is 0 Å². The monoisotopic (exact) mass is 403 g/mol. The summed E-state index contributed by atoms with van der Waals surface area (Å²) in [6.07, 6.45) is 0.945. The number of hydrogen-bond donors (Lipinski definition) is 2. The van der Waals surface area contributed by atoms with Gasteiger partial charge in [0.05, 0.1) is 18.1 Å². The molecule has 0 radical (unpaired) electrons. The summed E-state index contributed by atoms with van der Waals surface area (Å²) in [4.78, 5) is 14.3. The first kappa shape index (κ1) is 21.1. The van der Waals surface area contributed by atoms with E-state index in [0.717, 1.165) is 13.0 Å². The van der Waals surface area contributed by atoms with Crippen LogP contribution in [-0.2, 0) is 14.8 Å². The van der Waals surface area contributed by atoms with Crippen molar-refractivity contribution in [3.05, 3.63) is 29.8 Å². The molecule has 2 heterocycles. The summed E-state index contributed by atoms with van der Waals surface area (Å²) in [7, 11) is -3.60. The molecule has 2 atom stereocenters. The maximum Gasteiger partial charge on any atom is 0.254 e. The van der Waals surface area contributed by atoms with Gasteiger partial charge in [0.25, 0.3) is 5.91 Å². The molecule has 1 amide bonds. The third-order valence-corrected chi connectivity index (χ3v) is 6.35. The van der Waals surface area contributed by atoms with Gasteiger partial charge in [-0.15, -0.1) is 12.4 Å². The average Bonchev–Trinajstić information content (AvgIpc) is 2.64. The normalized spacial score (nSPS) is 24.0. The van der Waals surface area contributed by atoms with E-state index in [0.29, 0.717) is 38.4 Å². The van der Waals surface area contributed by atoms with Gasteiger partial charge in [0.1, 0.15) is 0 Å². The van der Waals surface area contributed by atoms with Gasteiger partial charge in [-0.2, -0.15) is 0 Å². The summed E-state index contributed by atoms with van der Waals surface area (Å²) >= 11 is 0. The Morgan fingerprint density at radius 2 is 1.88 bits per heavy atom. The van der Waals surface area contributed by atoms with E-state index < -0.39 is 10.0 Å². The molecule has 2 N–H and O–H groups in total. The number of nitrogens with one attached hydrogen (secondary N) is 2. The fourth-order valence-corrected chi connectivity index (χ4v) is 4.49. The Bertz CT molecular complexity index is 705. The highest BCUT2D eigenvalue weighted by Crippen LogP contribution is 2.17. The van der Waals surface area contributed by atoms with Crippen molar-refractivity contribution in [2.45, 2.75) is 24.3 Å². The lowest BCUT2D eigenvalue weighted by Crippen LogP contribution is -2.50. The van der Waals surface area contributed by atoms with E-state index in [1.165, 1.54) is 12.1 Å². The Hall–Kier alpha value is -1.19. The number of rotatable bonds is 4. The molecule has 2 saturated heterocycles. The second-order valence-electron chi connectivity index (χ2n) is 6.63. The van der Waals surface area contributed by atoms with E-state index in [4.69, 9.17) is 4.74 Å². The number of nitrogens with zero attached hydrogens (tertiary/aromatic N) is 1. The number of benzene rings is 1. The predicted octanol–water partition coefficient (Wildman–Crippen LogP) is 0.857. The fourth-order valence-electron chi connectivity index (χ4n) is 3.14. The zero-order valence-electron chi connectivity index (χ0n) is 14.8. The first-order valence-electron chi connectivity index (χ1n) is 8.67. The lowest BCUT2D eigenvalue weighted by atomic mass is 9.96. The van der Waals surface area contributed by atoms with Gasteiger partial charge in [0.2, 0.25) is 10.0 Å². The molecule has 0 aromatic heterocycles. The largest absolute Gasteiger partial charge is 0.378 e. The molecule has 0 bridgehead atoms. The lowest BCUT2D eigenvalue weighted by Gasteiger charge is -2.30. The molecular formula is C17H26ClN3O4S. The highest BCUT2D eigenvalue weighted by Gasteiger charge is 2.27. The number of halogens is 1. The first-order valence-corrected chi connectivity index (χ1v) is 10.2. The Labute approximate surface area is 160 Å². The minimum absolute atomic E-state index is 0. The molecule has 0 saturated carbocycles. The van der Waals surface area contributed by atoms with Crippen LogP contribution in [0.5, 0.6) is 0 Å². The van der Waals surface area contributed by atoms with Gasteiger partial charge in [-0.25, -0.2) is 13.1 Å². The Morgan fingerprint density at radius 3 is 2.50 bits per heavy atom. The van der Waals surface area contributed by atoms with Crippen molar-refractivity contribution in [2.75, 3.05) is 39.4 Å². The van der Waals surface area contributed by atoms with Crippen molar-refractivity contribution in [2.24, 2.45) is 5.92 Å². The Morgan fingerprint density at radius 1 is 1.23 bits per heavy atom. The number of ether oxygens (including phenoxy) is 1. The third-order valence-electron chi connectivity index (χ3n) is 4.84. The Kier molecular flexibility index (Phi) is 7.42. The molecule has 2 aliphatic heterocycles. The molecule has 3 rings (SSSR count). The van der Waals surface area contributed by atoms with Crippen molar-refractivity contribution in [3.63, 3.8) is 0 Å². The van der Waals surface area contributed by atoms with E-state index >= 15 is 0 Å². The summed E-state index contributed by atoms with van der Waals surface area (Å²) in [6.45, 7) is 5.80. The van der Waals surface area contributed by atoms with E-state index in [-0.39, 0.29) is 35.2 Å². The van der Waals surface area contributed by atoms with Crippen LogP contribution in [0.3, 0.4) is 0 Å². The van der Waals surface area contributed by atoms with Crippen LogP contribution in [0.2, 0.25) is 0 Å². The number of sulfonamides is 1. The van der Waals surface area contributed by atoms with Crippen LogP contribution in [0.15, 0.2) is 29.2 Å². The van der Waals surface area contributed by atoms with Gasteiger partial charge in [0.15, 0.2) is 0 Å². The van der Waals surface area contributed by atoms with Crippen molar-refractivity contribution in [1.82, 2.24) is 14.9 Å². The molecule has 7 nitrogen and oxygen atoms in total. The second-order valence-corrected chi connectivity index (χ2v) is 8.34. The Balaban J connectivity index is 0.00000243. The first-order chi connectivity index (χ1) is 12.0. The number of hydrogen-bond acceptors (Lipinski definition) is 5. The number of carbonyl (C=O) groups is 1. The molecule has 0 spiro atoms. The van der Waals surface area contributed by atoms with Crippen molar-refractivity contribution in [1.29, 1.82) is 0 Å². The summed E-state index contributed by atoms with van der Waals surface area (Å²) in [5.74, 6) is 0.198. The van der Waals surface area contributed by atoms with Gasteiger partial charge >= 0.3 is 0 Å². The number of morpholine rings is 1.